The van der Waals surface area contributed by atoms with E-state index in [9.17, 15) is 0 Å². The van der Waals surface area contributed by atoms with Crippen LogP contribution in [0.2, 0.25) is 0 Å². The van der Waals surface area contributed by atoms with Crippen LogP contribution in [-0.4, -0.2) is 12.8 Å². The fraction of sp³-hybridized carbons (Fsp3) is 0.250. The molecule has 2 heteroatoms. The lowest BCUT2D eigenvalue weighted by atomic mass is 10.2. The van der Waals surface area contributed by atoms with Crippen LogP contribution in [0.3, 0.4) is 0 Å². The molecular weight excluding hydrogens is 174 g/mol. The van der Waals surface area contributed by atoms with E-state index in [1.807, 2.05) is 32.0 Å². The van der Waals surface area contributed by atoms with Crippen LogP contribution in [0.25, 0.3) is 0 Å². The van der Waals surface area contributed by atoms with Crippen molar-refractivity contribution in [2.45, 2.75) is 13.8 Å². The Morgan fingerprint density at radius 3 is 2.86 bits per heavy atom. The van der Waals surface area contributed by atoms with Crippen molar-refractivity contribution in [3.63, 3.8) is 0 Å². The van der Waals surface area contributed by atoms with Gasteiger partial charge in [0.25, 0.3) is 0 Å². The quantitative estimate of drug-likeness (QED) is 0.526. The van der Waals surface area contributed by atoms with Crippen LogP contribution >= 0.6 is 0 Å². The Morgan fingerprint density at radius 2 is 2.29 bits per heavy atom. The fourth-order valence-electron chi connectivity index (χ4n) is 1.16. The van der Waals surface area contributed by atoms with E-state index in [-0.39, 0.29) is 0 Å². The average molecular weight is 189 g/mol. The summed E-state index contributed by atoms with van der Waals surface area (Å²) in [6.07, 6.45) is 3.51. The van der Waals surface area contributed by atoms with Gasteiger partial charge in [-0.3, -0.25) is 4.99 Å². The highest BCUT2D eigenvalue weighted by atomic mass is 16.5. The first kappa shape index (κ1) is 10.5. The Morgan fingerprint density at radius 1 is 1.50 bits per heavy atom. The van der Waals surface area contributed by atoms with Crippen molar-refractivity contribution in [1.82, 2.24) is 0 Å². The van der Waals surface area contributed by atoms with Crippen molar-refractivity contribution < 1.29 is 4.74 Å². The van der Waals surface area contributed by atoms with Gasteiger partial charge in [-0.15, -0.1) is 0 Å². The summed E-state index contributed by atoms with van der Waals surface area (Å²) in [5.74, 6) is 0.859. The molecule has 14 heavy (non-hydrogen) atoms. The third-order valence-electron chi connectivity index (χ3n) is 1.80. The molecule has 0 aliphatic rings. The molecule has 0 saturated heterocycles. The van der Waals surface area contributed by atoms with Crippen molar-refractivity contribution in [2.75, 3.05) is 6.61 Å². The van der Waals surface area contributed by atoms with Crippen molar-refractivity contribution in [3.05, 3.63) is 36.4 Å². The van der Waals surface area contributed by atoms with E-state index in [0.717, 1.165) is 17.0 Å². The first-order valence-corrected chi connectivity index (χ1v) is 4.61. The maximum Gasteiger partial charge on any atom is 0.120 e. The summed E-state index contributed by atoms with van der Waals surface area (Å²) in [7, 11) is 0. The summed E-state index contributed by atoms with van der Waals surface area (Å²) in [5, 5.41) is 0. The lowest BCUT2D eigenvalue weighted by molar-refractivity contribution is 0.363. The molecule has 0 unspecified atom stereocenters. The highest BCUT2D eigenvalue weighted by Crippen LogP contribution is 2.23. The monoisotopic (exact) mass is 189 g/mol. The molecule has 0 saturated carbocycles. The highest BCUT2D eigenvalue weighted by Gasteiger charge is 1.97. The lowest BCUT2D eigenvalue weighted by Crippen LogP contribution is -1.92. The highest BCUT2D eigenvalue weighted by molar-refractivity contribution is 5.62. The molecule has 74 valence electrons. The zero-order valence-corrected chi connectivity index (χ0v) is 8.66. The molecule has 1 aromatic carbocycles. The van der Waals surface area contributed by atoms with Crippen molar-refractivity contribution in [2.24, 2.45) is 4.99 Å². The average Bonchev–Trinajstić information content (AvgIpc) is 2.19. The Balaban J connectivity index is 2.83. The van der Waals surface area contributed by atoms with E-state index >= 15 is 0 Å². The zero-order chi connectivity index (χ0) is 10.4. The molecule has 0 spiro atoms. The van der Waals surface area contributed by atoms with Crippen molar-refractivity contribution >= 4 is 11.9 Å². The molecule has 0 aliphatic carbocycles. The molecule has 0 aliphatic heterocycles. The molecule has 0 heterocycles. The van der Waals surface area contributed by atoms with E-state index in [1.54, 1.807) is 12.3 Å². The van der Waals surface area contributed by atoms with Gasteiger partial charge in [0.15, 0.2) is 0 Å². The SMILES string of the molecule is C=CCOc1ccc(N=CC)c(C)c1. The number of aryl methyl sites for hydroxylation is 1. The van der Waals surface area contributed by atoms with E-state index in [0.29, 0.717) is 6.61 Å². The summed E-state index contributed by atoms with van der Waals surface area (Å²) in [6.45, 7) is 8.06. The van der Waals surface area contributed by atoms with E-state index < -0.39 is 0 Å². The summed E-state index contributed by atoms with van der Waals surface area (Å²) >= 11 is 0. The summed E-state index contributed by atoms with van der Waals surface area (Å²) < 4.78 is 5.40. The number of rotatable bonds is 4. The minimum Gasteiger partial charge on any atom is -0.490 e. The van der Waals surface area contributed by atoms with Crippen molar-refractivity contribution in [3.8, 4) is 5.75 Å². The Kier molecular flexibility index (Phi) is 3.92. The maximum absolute atomic E-state index is 5.40. The van der Waals surface area contributed by atoms with Gasteiger partial charge in [0.1, 0.15) is 12.4 Å². The molecule has 0 fully saturated rings. The molecule has 1 rings (SSSR count). The number of aliphatic imine (C=N–C) groups is 1. The van der Waals surface area contributed by atoms with Crippen LogP contribution in [0, 0.1) is 6.92 Å². The van der Waals surface area contributed by atoms with Crippen LogP contribution in [-0.2, 0) is 0 Å². The van der Waals surface area contributed by atoms with Gasteiger partial charge in [-0.05, 0) is 37.6 Å². The number of hydrogen-bond acceptors (Lipinski definition) is 2. The number of nitrogens with zero attached hydrogens (tertiary/aromatic N) is 1. The Hall–Kier alpha value is -1.57. The summed E-state index contributed by atoms with van der Waals surface area (Å²) in [5.41, 5.74) is 2.10. The van der Waals surface area contributed by atoms with Gasteiger partial charge in [0, 0.05) is 6.21 Å². The predicted octanol–water partition coefficient (Wildman–Crippen LogP) is 3.28. The largest absolute Gasteiger partial charge is 0.490 e. The molecule has 0 radical (unpaired) electrons. The minimum absolute atomic E-state index is 0.538. The number of ether oxygens (including phenoxy) is 1. The van der Waals surface area contributed by atoms with Gasteiger partial charge >= 0.3 is 0 Å². The van der Waals surface area contributed by atoms with Gasteiger partial charge in [0.05, 0.1) is 5.69 Å². The van der Waals surface area contributed by atoms with E-state index in [2.05, 4.69) is 11.6 Å². The summed E-state index contributed by atoms with van der Waals surface area (Å²) in [4.78, 5) is 4.23. The standard InChI is InChI=1S/C12H15NO/c1-4-8-14-11-6-7-12(13-5-2)10(3)9-11/h4-7,9H,1,8H2,2-3H3. The minimum atomic E-state index is 0.538. The molecule has 0 aromatic heterocycles. The van der Waals surface area contributed by atoms with Crippen LogP contribution in [0.4, 0.5) is 5.69 Å². The fourth-order valence-corrected chi connectivity index (χ4v) is 1.16. The Bertz CT molecular complexity index is 342. The number of hydrogen-bond donors (Lipinski definition) is 0. The first-order chi connectivity index (χ1) is 6.77. The Labute approximate surface area is 84.9 Å². The molecule has 2 nitrogen and oxygen atoms in total. The van der Waals surface area contributed by atoms with Crippen LogP contribution in [0.1, 0.15) is 12.5 Å². The van der Waals surface area contributed by atoms with E-state index in [4.69, 9.17) is 4.74 Å². The molecule has 0 atom stereocenters. The van der Waals surface area contributed by atoms with Gasteiger partial charge in [0.2, 0.25) is 0 Å². The number of benzene rings is 1. The maximum atomic E-state index is 5.40. The second kappa shape index (κ2) is 5.22. The van der Waals surface area contributed by atoms with Crippen LogP contribution in [0.15, 0.2) is 35.8 Å². The van der Waals surface area contributed by atoms with Gasteiger partial charge in [-0.1, -0.05) is 12.7 Å². The van der Waals surface area contributed by atoms with Crippen molar-refractivity contribution in [1.29, 1.82) is 0 Å². The lowest BCUT2D eigenvalue weighted by Gasteiger charge is -2.05. The van der Waals surface area contributed by atoms with Crippen LogP contribution in [0.5, 0.6) is 5.75 Å². The first-order valence-electron chi connectivity index (χ1n) is 4.61. The molecule has 0 amide bonds. The van der Waals surface area contributed by atoms with Crippen LogP contribution < -0.4 is 4.74 Å². The molecule has 1 aromatic rings. The van der Waals surface area contributed by atoms with Gasteiger partial charge in [-0.25, -0.2) is 0 Å². The zero-order valence-electron chi connectivity index (χ0n) is 8.66. The molecule has 0 N–H and O–H groups in total. The van der Waals surface area contributed by atoms with Gasteiger partial charge < -0.3 is 4.74 Å². The second-order valence-electron chi connectivity index (χ2n) is 2.94. The third kappa shape index (κ3) is 2.73. The third-order valence-corrected chi connectivity index (χ3v) is 1.80. The molecular formula is C12H15NO. The normalized spacial score (nSPS) is 10.4. The van der Waals surface area contributed by atoms with Gasteiger partial charge in [-0.2, -0.15) is 0 Å². The second-order valence-corrected chi connectivity index (χ2v) is 2.94. The topological polar surface area (TPSA) is 21.6 Å². The van der Waals surface area contributed by atoms with E-state index in [1.165, 1.54) is 0 Å². The smallest absolute Gasteiger partial charge is 0.120 e. The predicted molar refractivity (Wildman–Crippen MR) is 60.7 cm³/mol. The summed E-state index contributed by atoms with van der Waals surface area (Å²) in [6, 6.07) is 5.85. The molecule has 0 bridgehead atoms.